The van der Waals surface area contributed by atoms with Crippen molar-refractivity contribution in [2.75, 3.05) is 32.7 Å². The van der Waals surface area contributed by atoms with Crippen LogP contribution in [0.2, 0.25) is 0 Å². The summed E-state index contributed by atoms with van der Waals surface area (Å²) in [7, 11) is 0. The second-order valence-corrected chi connectivity index (χ2v) is 7.66. The molecule has 1 saturated carbocycles. The van der Waals surface area contributed by atoms with E-state index < -0.39 is 0 Å². The number of aromatic nitrogens is 2. The quantitative estimate of drug-likeness (QED) is 0.863. The van der Waals surface area contributed by atoms with E-state index in [-0.39, 0.29) is 11.3 Å². The summed E-state index contributed by atoms with van der Waals surface area (Å²) >= 11 is 0. The van der Waals surface area contributed by atoms with Crippen LogP contribution in [0.15, 0.2) is 4.52 Å². The summed E-state index contributed by atoms with van der Waals surface area (Å²) in [6.45, 7) is 11.1. The molecule has 7 nitrogen and oxygen atoms in total. The van der Waals surface area contributed by atoms with Gasteiger partial charge in [-0.2, -0.15) is 4.98 Å². The standard InChI is InChI=1S/C16H27N5O2/c1-16(2,3)15-18-14(23-19-15)11-21-8-6-20(7-9-21)10-13(22)17-12-4-5-12/h12H,4-11H2,1-3H3,(H,17,22). The van der Waals surface area contributed by atoms with Crippen LogP contribution in [-0.2, 0) is 16.8 Å². The molecule has 128 valence electrons. The van der Waals surface area contributed by atoms with Crippen LogP contribution in [-0.4, -0.2) is 64.6 Å². The Morgan fingerprint density at radius 3 is 2.43 bits per heavy atom. The summed E-state index contributed by atoms with van der Waals surface area (Å²) < 4.78 is 5.36. The van der Waals surface area contributed by atoms with Crippen LogP contribution in [0.3, 0.4) is 0 Å². The molecule has 1 aliphatic carbocycles. The summed E-state index contributed by atoms with van der Waals surface area (Å²) in [5.74, 6) is 1.59. The number of carbonyl (C=O) groups excluding carboxylic acids is 1. The average molecular weight is 321 g/mol. The number of piperazine rings is 1. The number of amides is 1. The molecule has 1 aromatic heterocycles. The summed E-state index contributed by atoms with van der Waals surface area (Å²) in [6, 6.07) is 0.443. The highest BCUT2D eigenvalue weighted by atomic mass is 16.5. The maximum Gasteiger partial charge on any atom is 0.240 e. The Kier molecular flexibility index (Phi) is 4.68. The lowest BCUT2D eigenvalue weighted by Crippen LogP contribution is -2.49. The lowest BCUT2D eigenvalue weighted by Gasteiger charge is -2.33. The molecule has 0 bridgehead atoms. The fraction of sp³-hybridized carbons (Fsp3) is 0.812. The van der Waals surface area contributed by atoms with Gasteiger partial charge in [-0.3, -0.25) is 14.6 Å². The lowest BCUT2D eigenvalue weighted by molar-refractivity contribution is -0.122. The minimum atomic E-state index is -0.0879. The van der Waals surface area contributed by atoms with Crippen molar-refractivity contribution in [2.24, 2.45) is 0 Å². The van der Waals surface area contributed by atoms with Crippen molar-refractivity contribution in [3.63, 3.8) is 0 Å². The zero-order chi connectivity index (χ0) is 16.4. The minimum Gasteiger partial charge on any atom is -0.352 e. The van der Waals surface area contributed by atoms with Gasteiger partial charge < -0.3 is 9.84 Å². The van der Waals surface area contributed by atoms with Crippen molar-refractivity contribution in [2.45, 2.75) is 51.6 Å². The van der Waals surface area contributed by atoms with Crippen LogP contribution in [0.1, 0.15) is 45.3 Å². The van der Waals surface area contributed by atoms with E-state index in [1.165, 1.54) is 0 Å². The van der Waals surface area contributed by atoms with E-state index in [9.17, 15) is 4.79 Å². The molecule has 1 saturated heterocycles. The maximum absolute atomic E-state index is 11.8. The Morgan fingerprint density at radius 1 is 1.22 bits per heavy atom. The summed E-state index contributed by atoms with van der Waals surface area (Å²) in [5, 5.41) is 7.11. The number of hydrogen-bond acceptors (Lipinski definition) is 6. The van der Waals surface area contributed by atoms with E-state index in [1.807, 2.05) is 0 Å². The van der Waals surface area contributed by atoms with E-state index in [2.05, 4.69) is 46.0 Å². The molecule has 7 heteroatoms. The van der Waals surface area contributed by atoms with E-state index in [1.54, 1.807) is 0 Å². The van der Waals surface area contributed by atoms with Gasteiger partial charge in [0, 0.05) is 37.6 Å². The van der Waals surface area contributed by atoms with Gasteiger partial charge in [0.25, 0.3) is 0 Å². The van der Waals surface area contributed by atoms with Gasteiger partial charge in [-0.1, -0.05) is 25.9 Å². The first-order chi connectivity index (χ1) is 10.9. The van der Waals surface area contributed by atoms with E-state index in [4.69, 9.17) is 4.52 Å². The molecule has 1 N–H and O–H groups in total. The molecular formula is C16H27N5O2. The largest absolute Gasteiger partial charge is 0.352 e. The molecule has 1 aliphatic heterocycles. The molecule has 0 radical (unpaired) electrons. The van der Waals surface area contributed by atoms with Crippen LogP contribution in [0, 0.1) is 0 Å². The third kappa shape index (κ3) is 4.75. The number of nitrogens with one attached hydrogen (secondary N) is 1. The predicted octanol–water partition coefficient (Wildman–Crippen LogP) is 0.763. The topological polar surface area (TPSA) is 74.5 Å². The summed E-state index contributed by atoms with van der Waals surface area (Å²) in [6.07, 6.45) is 2.28. The van der Waals surface area contributed by atoms with Crippen LogP contribution >= 0.6 is 0 Å². The van der Waals surface area contributed by atoms with E-state index in [0.29, 0.717) is 25.0 Å². The normalized spacial score (nSPS) is 20.7. The van der Waals surface area contributed by atoms with Gasteiger partial charge in [0.05, 0.1) is 13.1 Å². The zero-order valence-electron chi connectivity index (χ0n) is 14.3. The predicted molar refractivity (Wildman–Crippen MR) is 85.9 cm³/mol. The Labute approximate surface area is 137 Å². The second-order valence-electron chi connectivity index (χ2n) is 7.66. The monoisotopic (exact) mass is 321 g/mol. The molecular weight excluding hydrogens is 294 g/mol. The molecule has 1 amide bonds. The lowest BCUT2D eigenvalue weighted by atomic mass is 9.96. The SMILES string of the molecule is CC(C)(C)c1noc(CN2CCN(CC(=O)NC3CC3)CC2)n1. The number of nitrogens with zero attached hydrogens (tertiary/aromatic N) is 4. The molecule has 0 atom stereocenters. The molecule has 0 unspecified atom stereocenters. The van der Waals surface area contributed by atoms with Crippen molar-refractivity contribution >= 4 is 5.91 Å². The molecule has 3 rings (SSSR count). The Bertz CT molecular complexity index is 539. The Morgan fingerprint density at radius 2 is 1.87 bits per heavy atom. The highest BCUT2D eigenvalue weighted by molar-refractivity contribution is 5.78. The third-order valence-electron chi connectivity index (χ3n) is 4.27. The van der Waals surface area contributed by atoms with E-state index in [0.717, 1.165) is 44.8 Å². The van der Waals surface area contributed by atoms with Gasteiger partial charge in [0.15, 0.2) is 5.82 Å². The van der Waals surface area contributed by atoms with Crippen molar-refractivity contribution in [1.82, 2.24) is 25.3 Å². The second kappa shape index (κ2) is 6.57. The number of carbonyl (C=O) groups is 1. The van der Waals surface area contributed by atoms with Crippen molar-refractivity contribution in [1.29, 1.82) is 0 Å². The summed E-state index contributed by atoms with van der Waals surface area (Å²) in [5.41, 5.74) is -0.0879. The van der Waals surface area contributed by atoms with Gasteiger partial charge in [0.2, 0.25) is 11.8 Å². The fourth-order valence-electron chi connectivity index (χ4n) is 2.62. The minimum absolute atomic E-state index is 0.0879. The van der Waals surface area contributed by atoms with Gasteiger partial charge in [-0.05, 0) is 12.8 Å². The van der Waals surface area contributed by atoms with Crippen molar-refractivity contribution < 1.29 is 9.32 Å². The fourth-order valence-corrected chi connectivity index (χ4v) is 2.62. The first kappa shape index (κ1) is 16.4. The molecule has 1 aromatic rings. The van der Waals surface area contributed by atoms with Gasteiger partial charge in [-0.15, -0.1) is 0 Å². The Hall–Kier alpha value is -1.47. The highest BCUT2D eigenvalue weighted by Gasteiger charge is 2.26. The molecule has 0 aromatic carbocycles. The average Bonchev–Trinajstić information content (AvgIpc) is 3.14. The van der Waals surface area contributed by atoms with Crippen LogP contribution < -0.4 is 5.32 Å². The van der Waals surface area contributed by atoms with Crippen LogP contribution in [0.25, 0.3) is 0 Å². The molecule has 0 spiro atoms. The third-order valence-corrected chi connectivity index (χ3v) is 4.27. The molecule has 2 heterocycles. The smallest absolute Gasteiger partial charge is 0.240 e. The maximum atomic E-state index is 11.8. The molecule has 2 fully saturated rings. The molecule has 23 heavy (non-hydrogen) atoms. The zero-order valence-corrected chi connectivity index (χ0v) is 14.3. The Balaban J connectivity index is 1.42. The van der Waals surface area contributed by atoms with E-state index >= 15 is 0 Å². The highest BCUT2D eigenvalue weighted by Crippen LogP contribution is 2.19. The first-order valence-corrected chi connectivity index (χ1v) is 8.47. The number of hydrogen-bond donors (Lipinski definition) is 1. The summed E-state index contributed by atoms with van der Waals surface area (Å²) in [4.78, 5) is 20.8. The van der Waals surface area contributed by atoms with Crippen molar-refractivity contribution in [3.05, 3.63) is 11.7 Å². The van der Waals surface area contributed by atoms with Crippen LogP contribution in [0.5, 0.6) is 0 Å². The van der Waals surface area contributed by atoms with Crippen molar-refractivity contribution in [3.8, 4) is 0 Å². The first-order valence-electron chi connectivity index (χ1n) is 8.47. The van der Waals surface area contributed by atoms with Gasteiger partial charge in [0.1, 0.15) is 0 Å². The molecule has 2 aliphatic rings. The van der Waals surface area contributed by atoms with Crippen LogP contribution in [0.4, 0.5) is 0 Å². The number of rotatable bonds is 5. The van der Waals surface area contributed by atoms with Gasteiger partial charge in [-0.25, -0.2) is 0 Å². The van der Waals surface area contributed by atoms with Gasteiger partial charge >= 0.3 is 0 Å².